The van der Waals surface area contributed by atoms with E-state index >= 15 is 0 Å². The molecule has 0 aliphatic rings. The Morgan fingerprint density at radius 3 is 1.95 bits per heavy atom. The number of ether oxygens (including phenoxy) is 3. The van der Waals surface area contributed by atoms with Gasteiger partial charge in [-0.3, -0.25) is 0 Å². The van der Waals surface area contributed by atoms with E-state index < -0.39 is 0 Å². The van der Waals surface area contributed by atoms with Crippen molar-refractivity contribution in [1.29, 1.82) is 0 Å². The molecule has 0 radical (unpaired) electrons. The van der Waals surface area contributed by atoms with Crippen LogP contribution in [0.25, 0.3) is 0 Å². The molecule has 0 saturated carbocycles. The van der Waals surface area contributed by atoms with Gasteiger partial charge in [0.15, 0.2) is 0 Å². The Morgan fingerprint density at radius 2 is 1.38 bits per heavy atom. The van der Waals surface area contributed by atoms with E-state index in [1.807, 2.05) is 55.5 Å². The summed E-state index contributed by atoms with van der Waals surface area (Å²) in [7, 11) is 1.64. The lowest BCUT2D eigenvalue weighted by Gasteiger charge is -2.14. The van der Waals surface area contributed by atoms with Crippen LogP contribution in [0.2, 0.25) is 0 Å². The monoisotopic (exact) mass is 287 g/mol. The standard InChI is InChI=1S/C17H21NO3/c1-3-20-15-6-4-13(5-7-15)17(18)12-21-16-10-8-14(19-2)9-11-16/h4-11,17H,3,12,18H2,1-2H3. The molecule has 4 nitrogen and oxygen atoms in total. The van der Waals surface area contributed by atoms with Gasteiger partial charge in [-0.15, -0.1) is 0 Å². The van der Waals surface area contributed by atoms with Gasteiger partial charge in [0.25, 0.3) is 0 Å². The summed E-state index contributed by atoms with van der Waals surface area (Å²) in [6.07, 6.45) is 0. The molecule has 0 aromatic heterocycles. The Labute approximate surface area is 125 Å². The summed E-state index contributed by atoms with van der Waals surface area (Å²) in [6.45, 7) is 3.04. The van der Waals surface area contributed by atoms with E-state index in [2.05, 4.69) is 0 Å². The highest BCUT2D eigenvalue weighted by molar-refractivity contribution is 5.32. The maximum Gasteiger partial charge on any atom is 0.119 e. The molecule has 1 atom stereocenters. The number of benzene rings is 2. The van der Waals surface area contributed by atoms with E-state index in [9.17, 15) is 0 Å². The first-order chi connectivity index (χ1) is 10.2. The van der Waals surface area contributed by atoms with Crippen LogP contribution in [-0.4, -0.2) is 20.3 Å². The van der Waals surface area contributed by atoms with E-state index in [1.165, 1.54) is 0 Å². The Kier molecular flexibility index (Phi) is 5.46. The van der Waals surface area contributed by atoms with Crippen molar-refractivity contribution in [2.24, 2.45) is 5.73 Å². The van der Waals surface area contributed by atoms with E-state index in [4.69, 9.17) is 19.9 Å². The maximum absolute atomic E-state index is 6.13. The van der Waals surface area contributed by atoms with Crippen LogP contribution in [-0.2, 0) is 0 Å². The predicted molar refractivity (Wildman–Crippen MR) is 83.0 cm³/mol. The molecule has 0 saturated heterocycles. The van der Waals surface area contributed by atoms with E-state index in [-0.39, 0.29) is 6.04 Å². The van der Waals surface area contributed by atoms with Crippen molar-refractivity contribution in [3.8, 4) is 17.2 Å². The van der Waals surface area contributed by atoms with Crippen LogP contribution in [0.1, 0.15) is 18.5 Å². The van der Waals surface area contributed by atoms with E-state index in [0.717, 1.165) is 22.8 Å². The van der Waals surface area contributed by atoms with E-state index in [0.29, 0.717) is 13.2 Å². The minimum absolute atomic E-state index is 0.178. The quantitative estimate of drug-likeness (QED) is 0.850. The summed E-state index contributed by atoms with van der Waals surface area (Å²) >= 11 is 0. The van der Waals surface area contributed by atoms with Crippen LogP contribution in [0.15, 0.2) is 48.5 Å². The number of methoxy groups -OCH3 is 1. The molecule has 2 rings (SSSR count). The van der Waals surface area contributed by atoms with E-state index in [1.54, 1.807) is 7.11 Å². The molecule has 0 aliphatic heterocycles. The third kappa shape index (κ3) is 4.39. The highest BCUT2D eigenvalue weighted by Crippen LogP contribution is 2.20. The minimum atomic E-state index is -0.178. The van der Waals surface area contributed by atoms with Gasteiger partial charge >= 0.3 is 0 Å². The molecular weight excluding hydrogens is 266 g/mol. The van der Waals surface area contributed by atoms with Crippen molar-refractivity contribution < 1.29 is 14.2 Å². The molecule has 2 aromatic carbocycles. The largest absolute Gasteiger partial charge is 0.497 e. The first kappa shape index (κ1) is 15.2. The van der Waals surface area contributed by atoms with Crippen molar-refractivity contribution in [1.82, 2.24) is 0 Å². The number of rotatable bonds is 7. The van der Waals surface area contributed by atoms with Gasteiger partial charge in [0.05, 0.1) is 19.8 Å². The molecule has 21 heavy (non-hydrogen) atoms. The van der Waals surface area contributed by atoms with Crippen LogP contribution in [0.4, 0.5) is 0 Å². The van der Waals surface area contributed by atoms with Crippen molar-refractivity contribution in [2.45, 2.75) is 13.0 Å². The summed E-state index contributed by atoms with van der Waals surface area (Å²) < 4.78 is 16.2. The van der Waals surface area contributed by atoms with Crippen LogP contribution in [0, 0.1) is 0 Å². The average molecular weight is 287 g/mol. The number of hydrogen-bond donors (Lipinski definition) is 1. The van der Waals surface area contributed by atoms with Gasteiger partial charge in [0.2, 0.25) is 0 Å². The Balaban J connectivity index is 1.89. The molecule has 0 spiro atoms. The summed E-state index contributed by atoms with van der Waals surface area (Å²) in [4.78, 5) is 0. The topological polar surface area (TPSA) is 53.7 Å². The second-order valence-corrected chi connectivity index (χ2v) is 4.60. The number of hydrogen-bond acceptors (Lipinski definition) is 4. The highest BCUT2D eigenvalue weighted by atomic mass is 16.5. The second-order valence-electron chi connectivity index (χ2n) is 4.60. The van der Waals surface area contributed by atoms with Gasteiger partial charge in [-0.1, -0.05) is 12.1 Å². The maximum atomic E-state index is 6.13. The fraction of sp³-hybridized carbons (Fsp3) is 0.294. The fourth-order valence-corrected chi connectivity index (χ4v) is 1.93. The molecule has 0 bridgehead atoms. The molecule has 0 amide bonds. The zero-order valence-corrected chi connectivity index (χ0v) is 12.4. The van der Waals surface area contributed by atoms with Crippen LogP contribution in [0.5, 0.6) is 17.2 Å². The lowest BCUT2D eigenvalue weighted by atomic mass is 10.1. The SMILES string of the molecule is CCOc1ccc(C(N)COc2ccc(OC)cc2)cc1. The predicted octanol–water partition coefficient (Wildman–Crippen LogP) is 3.17. The van der Waals surface area contributed by atoms with Crippen LogP contribution < -0.4 is 19.9 Å². The molecule has 2 aromatic rings. The molecule has 1 unspecified atom stereocenters. The van der Waals surface area contributed by atoms with Crippen molar-refractivity contribution in [2.75, 3.05) is 20.3 Å². The summed E-state index contributed by atoms with van der Waals surface area (Å²) in [5.74, 6) is 2.43. The van der Waals surface area contributed by atoms with Crippen LogP contribution >= 0.6 is 0 Å². The normalized spacial score (nSPS) is 11.8. The summed E-state index contributed by atoms with van der Waals surface area (Å²) in [6, 6.07) is 15.0. The molecule has 4 heteroatoms. The van der Waals surface area contributed by atoms with Crippen molar-refractivity contribution in [3.05, 3.63) is 54.1 Å². The summed E-state index contributed by atoms with van der Waals surface area (Å²) in [5.41, 5.74) is 7.15. The highest BCUT2D eigenvalue weighted by Gasteiger charge is 2.07. The number of nitrogens with two attached hydrogens (primary N) is 1. The summed E-state index contributed by atoms with van der Waals surface area (Å²) in [5, 5.41) is 0. The van der Waals surface area contributed by atoms with Gasteiger partial charge in [0.1, 0.15) is 23.9 Å². The van der Waals surface area contributed by atoms with Gasteiger partial charge < -0.3 is 19.9 Å². The van der Waals surface area contributed by atoms with Crippen molar-refractivity contribution >= 4 is 0 Å². The lowest BCUT2D eigenvalue weighted by molar-refractivity contribution is 0.290. The first-order valence-electron chi connectivity index (χ1n) is 6.98. The zero-order chi connectivity index (χ0) is 15.1. The third-order valence-corrected chi connectivity index (χ3v) is 3.11. The molecule has 0 heterocycles. The van der Waals surface area contributed by atoms with Gasteiger partial charge in [0, 0.05) is 0 Å². The smallest absolute Gasteiger partial charge is 0.119 e. The van der Waals surface area contributed by atoms with Gasteiger partial charge in [-0.05, 0) is 48.9 Å². The molecular formula is C17H21NO3. The van der Waals surface area contributed by atoms with Crippen LogP contribution in [0.3, 0.4) is 0 Å². The molecule has 2 N–H and O–H groups in total. The molecule has 0 fully saturated rings. The van der Waals surface area contributed by atoms with Gasteiger partial charge in [-0.2, -0.15) is 0 Å². The Morgan fingerprint density at radius 1 is 0.857 bits per heavy atom. The fourth-order valence-electron chi connectivity index (χ4n) is 1.93. The first-order valence-corrected chi connectivity index (χ1v) is 6.98. The Hall–Kier alpha value is -2.20. The average Bonchev–Trinajstić information content (AvgIpc) is 2.54. The molecule has 0 aliphatic carbocycles. The van der Waals surface area contributed by atoms with Gasteiger partial charge in [-0.25, -0.2) is 0 Å². The second kappa shape index (κ2) is 7.55. The third-order valence-electron chi connectivity index (χ3n) is 3.11. The lowest BCUT2D eigenvalue weighted by Crippen LogP contribution is -2.18. The molecule has 112 valence electrons. The van der Waals surface area contributed by atoms with Crippen molar-refractivity contribution in [3.63, 3.8) is 0 Å². The zero-order valence-electron chi connectivity index (χ0n) is 12.4. The Bertz CT molecular complexity index is 537. The minimum Gasteiger partial charge on any atom is -0.497 e.